The number of nitro groups is 1. The van der Waals surface area contributed by atoms with Gasteiger partial charge in [0.1, 0.15) is 12.7 Å². The largest absolute Gasteiger partial charge is 0.493 e. The number of rotatable bonds is 18. The van der Waals surface area contributed by atoms with Crippen molar-refractivity contribution in [2.24, 2.45) is 16.9 Å². The molecule has 2 amide bonds. The molecule has 3 N–H and O–H groups in total. The van der Waals surface area contributed by atoms with Crippen molar-refractivity contribution in [3.05, 3.63) is 39.6 Å². The van der Waals surface area contributed by atoms with E-state index in [4.69, 9.17) is 18.9 Å². The van der Waals surface area contributed by atoms with E-state index < -0.39 is 17.1 Å². The quantitative estimate of drug-likeness (QED) is 0.0930. The number of fused-ring (bicyclic) bond motifs is 1. The fourth-order valence-corrected chi connectivity index (χ4v) is 5.92. The molecule has 13 nitrogen and oxygen atoms in total. The highest BCUT2D eigenvalue weighted by atomic mass is 16.6. The Hall–Kier alpha value is -3.87. The molecular weight excluding hydrogens is 606 g/mol. The molecule has 1 aromatic carbocycles. The van der Waals surface area contributed by atoms with E-state index in [2.05, 4.69) is 21.2 Å². The Kier molecular flexibility index (Phi) is 15.8. The van der Waals surface area contributed by atoms with E-state index in [0.717, 1.165) is 64.4 Å². The predicted molar refractivity (Wildman–Crippen MR) is 180 cm³/mol. The average molecular weight is 660 g/mol. The van der Waals surface area contributed by atoms with E-state index in [-0.39, 0.29) is 41.8 Å². The van der Waals surface area contributed by atoms with Gasteiger partial charge in [0.05, 0.1) is 36.3 Å². The van der Waals surface area contributed by atoms with E-state index in [1.54, 1.807) is 6.92 Å². The Morgan fingerprint density at radius 1 is 1.11 bits per heavy atom. The lowest BCUT2D eigenvalue weighted by atomic mass is 9.81. The highest BCUT2D eigenvalue weighted by Crippen LogP contribution is 2.38. The standard InChI is InChI=1S/C34H53N5O8/c1-6-45-26-10-9-11-27-25(14-15-26)22-37-38-29(27)12-7-8-13-33(40)35-18-19-46-32-21-30(39(42)43)28(20-31(32)44-5)24(4)47-34(41)36-17-16-23(2)3/h20-24,26-27,37H,6-19H2,1-5H3,(H,35,40)(H,36,41). The molecular formula is C34H53N5O8. The van der Waals surface area contributed by atoms with Crippen LogP contribution in [0.2, 0.25) is 0 Å². The first kappa shape index (κ1) is 37.6. The van der Waals surface area contributed by atoms with Crippen molar-refractivity contribution in [1.29, 1.82) is 0 Å². The van der Waals surface area contributed by atoms with Crippen molar-refractivity contribution in [3.8, 4) is 11.5 Å². The predicted octanol–water partition coefficient (Wildman–Crippen LogP) is 6.32. The summed E-state index contributed by atoms with van der Waals surface area (Å²) in [5.41, 5.74) is 5.58. The van der Waals surface area contributed by atoms with Gasteiger partial charge in [0.2, 0.25) is 5.91 Å². The molecule has 1 fully saturated rings. The molecule has 0 saturated heterocycles. The first-order chi connectivity index (χ1) is 22.6. The number of amides is 2. The van der Waals surface area contributed by atoms with Crippen LogP contribution >= 0.6 is 0 Å². The van der Waals surface area contributed by atoms with Gasteiger partial charge in [-0.05, 0) is 89.2 Å². The molecule has 13 heteroatoms. The number of nitro benzene ring substituents is 1. The second-order valence-electron chi connectivity index (χ2n) is 12.4. The maximum absolute atomic E-state index is 12.5. The molecule has 3 rings (SSSR count). The third-order valence-electron chi connectivity index (χ3n) is 8.48. The normalized spacial score (nSPS) is 18.3. The number of hydrogen-bond acceptors (Lipinski definition) is 10. The van der Waals surface area contributed by atoms with Gasteiger partial charge >= 0.3 is 6.09 Å². The fourth-order valence-electron chi connectivity index (χ4n) is 5.92. The molecule has 3 unspecified atom stereocenters. The Labute approximate surface area is 278 Å². The van der Waals surface area contributed by atoms with Gasteiger partial charge in [-0.25, -0.2) is 4.79 Å². The van der Waals surface area contributed by atoms with Crippen LogP contribution in [0.4, 0.5) is 10.5 Å². The number of nitrogens with zero attached hydrogens (tertiary/aromatic N) is 2. The Morgan fingerprint density at radius 2 is 1.91 bits per heavy atom. The van der Waals surface area contributed by atoms with E-state index in [1.165, 1.54) is 30.5 Å². The molecule has 1 aromatic rings. The van der Waals surface area contributed by atoms with Crippen LogP contribution in [-0.2, 0) is 14.3 Å². The molecule has 0 radical (unpaired) electrons. The van der Waals surface area contributed by atoms with Gasteiger partial charge in [-0.3, -0.25) is 20.3 Å². The maximum Gasteiger partial charge on any atom is 0.407 e. The number of carbonyl (C=O) groups excluding carboxylic acids is 2. The van der Waals surface area contributed by atoms with Crippen LogP contribution in [0.1, 0.15) is 104 Å². The smallest absolute Gasteiger partial charge is 0.407 e. The van der Waals surface area contributed by atoms with E-state index in [9.17, 15) is 19.7 Å². The zero-order chi connectivity index (χ0) is 34.2. The molecule has 0 spiro atoms. The van der Waals surface area contributed by atoms with Crippen LogP contribution in [0.15, 0.2) is 29.0 Å². The molecule has 2 aliphatic rings. The number of alkyl carbamates (subject to hydrolysis) is 1. The Balaban J connectivity index is 1.42. The third-order valence-corrected chi connectivity index (χ3v) is 8.48. The second kappa shape index (κ2) is 19.7. The first-order valence-electron chi connectivity index (χ1n) is 17.0. The maximum atomic E-state index is 12.5. The van der Waals surface area contributed by atoms with Gasteiger partial charge in [0.15, 0.2) is 11.5 Å². The summed E-state index contributed by atoms with van der Waals surface area (Å²) in [5.74, 6) is 1.11. The zero-order valence-electron chi connectivity index (χ0n) is 28.6. The summed E-state index contributed by atoms with van der Waals surface area (Å²) in [6.07, 6.45) is 9.79. The van der Waals surface area contributed by atoms with Gasteiger partial charge in [-0.15, -0.1) is 0 Å². The van der Waals surface area contributed by atoms with E-state index in [0.29, 0.717) is 30.9 Å². The molecule has 1 aliphatic heterocycles. The zero-order valence-corrected chi connectivity index (χ0v) is 28.6. The summed E-state index contributed by atoms with van der Waals surface area (Å²) >= 11 is 0. The monoisotopic (exact) mass is 659 g/mol. The minimum atomic E-state index is -0.901. The molecule has 3 atom stereocenters. The number of allylic oxidation sites excluding steroid dienone is 1. The second-order valence-corrected chi connectivity index (χ2v) is 12.4. The summed E-state index contributed by atoms with van der Waals surface area (Å²) in [6, 6.07) is 2.69. The summed E-state index contributed by atoms with van der Waals surface area (Å²) in [6.45, 7) is 9.21. The van der Waals surface area contributed by atoms with Gasteiger partial charge in [0.25, 0.3) is 5.69 Å². The van der Waals surface area contributed by atoms with Crippen LogP contribution in [0.5, 0.6) is 11.5 Å². The van der Waals surface area contributed by atoms with Crippen molar-refractivity contribution < 1.29 is 33.5 Å². The van der Waals surface area contributed by atoms with E-state index in [1.807, 2.05) is 27.0 Å². The summed E-state index contributed by atoms with van der Waals surface area (Å²) < 4.78 is 22.4. The summed E-state index contributed by atoms with van der Waals surface area (Å²) in [5, 5.41) is 22.0. The van der Waals surface area contributed by atoms with Crippen LogP contribution in [0.25, 0.3) is 0 Å². The fraction of sp³-hybridized carbons (Fsp3) is 0.676. The minimum absolute atomic E-state index is 0.0863. The lowest BCUT2D eigenvalue weighted by molar-refractivity contribution is -0.386. The van der Waals surface area contributed by atoms with Crippen LogP contribution < -0.4 is 25.5 Å². The number of nitrogens with one attached hydrogen (secondary N) is 3. The number of hydrazone groups is 1. The number of carbonyl (C=O) groups is 2. The molecule has 262 valence electrons. The lowest BCUT2D eigenvalue weighted by Crippen LogP contribution is -2.29. The molecule has 1 aliphatic carbocycles. The van der Waals surface area contributed by atoms with Gasteiger partial charge in [-0.2, -0.15) is 5.10 Å². The highest BCUT2D eigenvalue weighted by Gasteiger charge is 2.28. The van der Waals surface area contributed by atoms with Crippen molar-refractivity contribution >= 4 is 23.4 Å². The summed E-state index contributed by atoms with van der Waals surface area (Å²) in [4.78, 5) is 36.0. The van der Waals surface area contributed by atoms with Gasteiger partial charge in [0, 0.05) is 37.4 Å². The SMILES string of the molecule is CCOC1CCCC2C(=CNN=C2CCCCC(=O)NCCOc2cc([N+](=O)[O-])c(C(C)OC(=O)NCCC(C)C)cc2OC)CC1. The molecule has 47 heavy (non-hydrogen) atoms. The van der Waals surface area contributed by atoms with Crippen molar-refractivity contribution in [3.63, 3.8) is 0 Å². The molecule has 1 heterocycles. The third kappa shape index (κ3) is 12.3. The number of benzene rings is 1. The van der Waals surface area contributed by atoms with Crippen molar-refractivity contribution in [2.75, 3.05) is 33.4 Å². The highest BCUT2D eigenvalue weighted by molar-refractivity contribution is 5.89. The van der Waals surface area contributed by atoms with Gasteiger partial charge in [-0.1, -0.05) is 13.8 Å². The van der Waals surface area contributed by atoms with Crippen LogP contribution in [0, 0.1) is 22.0 Å². The number of methoxy groups -OCH3 is 1. The Bertz CT molecular complexity index is 1250. The minimum Gasteiger partial charge on any atom is -0.493 e. The molecule has 0 aromatic heterocycles. The van der Waals surface area contributed by atoms with Gasteiger partial charge < -0.3 is 29.6 Å². The summed E-state index contributed by atoms with van der Waals surface area (Å²) in [7, 11) is 1.42. The van der Waals surface area contributed by atoms with Crippen LogP contribution in [0.3, 0.4) is 0 Å². The average Bonchev–Trinajstić information content (AvgIpc) is 3.02. The molecule has 0 bridgehead atoms. The Morgan fingerprint density at radius 3 is 2.64 bits per heavy atom. The number of hydrogen-bond donors (Lipinski definition) is 3. The lowest BCUT2D eigenvalue weighted by Gasteiger charge is -2.30. The van der Waals surface area contributed by atoms with Crippen molar-refractivity contribution in [1.82, 2.24) is 16.1 Å². The molecule has 1 saturated carbocycles. The topological polar surface area (TPSA) is 163 Å². The number of ether oxygens (including phenoxy) is 4. The van der Waals surface area contributed by atoms with E-state index >= 15 is 0 Å². The van der Waals surface area contributed by atoms with Crippen LogP contribution in [-0.4, -0.2) is 62.2 Å². The van der Waals surface area contributed by atoms with Crippen molar-refractivity contribution in [2.45, 2.75) is 104 Å². The first-order valence-corrected chi connectivity index (χ1v) is 17.0. The number of unbranched alkanes of at least 4 members (excludes halogenated alkanes) is 1.